The summed E-state index contributed by atoms with van der Waals surface area (Å²) in [7, 11) is 1.72. The number of aliphatic imine (C=N–C) groups is 1. The van der Waals surface area contributed by atoms with E-state index < -0.39 is 0 Å². The molecule has 2 aromatic heterocycles. The standard InChI is InChI=1S/C15H23N5O2/c1-15(2,3)13-19-12(20-22-13)10-18-14(16-4)17-8-7-11-6-5-9-21-11/h5-6,9H,7-8,10H2,1-4H3,(H2,16,17,18). The zero-order chi connectivity index (χ0) is 16.0. The van der Waals surface area contributed by atoms with E-state index in [2.05, 4.69) is 25.8 Å². The molecule has 2 heterocycles. The predicted octanol–water partition coefficient (Wildman–Crippen LogP) is 1.87. The van der Waals surface area contributed by atoms with Crippen LogP contribution in [0.15, 0.2) is 32.3 Å². The fraction of sp³-hybridized carbons (Fsp3) is 0.533. The topological polar surface area (TPSA) is 88.5 Å². The van der Waals surface area contributed by atoms with E-state index in [1.54, 1.807) is 13.3 Å². The van der Waals surface area contributed by atoms with E-state index in [-0.39, 0.29) is 5.41 Å². The molecule has 0 saturated heterocycles. The number of guanidine groups is 1. The van der Waals surface area contributed by atoms with Crippen molar-refractivity contribution >= 4 is 5.96 Å². The van der Waals surface area contributed by atoms with E-state index in [0.29, 0.717) is 24.2 Å². The van der Waals surface area contributed by atoms with Gasteiger partial charge in [0.2, 0.25) is 5.89 Å². The summed E-state index contributed by atoms with van der Waals surface area (Å²) >= 11 is 0. The molecule has 0 bridgehead atoms. The van der Waals surface area contributed by atoms with Gasteiger partial charge in [0.15, 0.2) is 11.8 Å². The number of nitrogens with zero attached hydrogens (tertiary/aromatic N) is 3. The molecule has 2 rings (SSSR count). The van der Waals surface area contributed by atoms with Gasteiger partial charge in [-0.3, -0.25) is 4.99 Å². The Bertz CT molecular complexity index is 596. The van der Waals surface area contributed by atoms with Crippen molar-refractivity contribution < 1.29 is 8.94 Å². The van der Waals surface area contributed by atoms with Crippen LogP contribution in [0.4, 0.5) is 0 Å². The molecule has 120 valence electrons. The smallest absolute Gasteiger partial charge is 0.232 e. The number of nitrogens with one attached hydrogen (secondary N) is 2. The normalized spacial score (nSPS) is 12.5. The summed E-state index contributed by atoms with van der Waals surface area (Å²) in [4.78, 5) is 8.53. The Kier molecular flexibility index (Phi) is 5.19. The molecule has 7 heteroatoms. The third kappa shape index (κ3) is 4.61. The zero-order valence-electron chi connectivity index (χ0n) is 13.5. The predicted molar refractivity (Wildman–Crippen MR) is 83.6 cm³/mol. The van der Waals surface area contributed by atoms with E-state index >= 15 is 0 Å². The maximum atomic E-state index is 5.28. The Morgan fingerprint density at radius 1 is 1.32 bits per heavy atom. The van der Waals surface area contributed by atoms with E-state index in [9.17, 15) is 0 Å². The molecule has 0 saturated carbocycles. The van der Waals surface area contributed by atoms with Gasteiger partial charge in [-0.25, -0.2) is 0 Å². The van der Waals surface area contributed by atoms with Crippen molar-refractivity contribution in [2.45, 2.75) is 39.2 Å². The van der Waals surface area contributed by atoms with Crippen LogP contribution in [0.3, 0.4) is 0 Å². The molecule has 2 N–H and O–H groups in total. The summed E-state index contributed by atoms with van der Waals surface area (Å²) in [6.07, 6.45) is 2.47. The largest absolute Gasteiger partial charge is 0.469 e. The summed E-state index contributed by atoms with van der Waals surface area (Å²) < 4.78 is 10.5. The molecule has 0 aliphatic rings. The molecule has 7 nitrogen and oxygen atoms in total. The van der Waals surface area contributed by atoms with Gasteiger partial charge in [-0.2, -0.15) is 4.98 Å². The summed E-state index contributed by atoms with van der Waals surface area (Å²) in [6, 6.07) is 3.83. The quantitative estimate of drug-likeness (QED) is 0.647. The Hall–Kier alpha value is -2.31. The molecular weight excluding hydrogens is 282 g/mol. The van der Waals surface area contributed by atoms with Crippen molar-refractivity contribution in [3.8, 4) is 0 Å². The van der Waals surface area contributed by atoms with Crippen LogP contribution in [0.1, 0.15) is 38.2 Å². The second kappa shape index (κ2) is 7.11. The van der Waals surface area contributed by atoms with Crippen LogP contribution in [0.5, 0.6) is 0 Å². The van der Waals surface area contributed by atoms with E-state index in [1.807, 2.05) is 32.9 Å². The molecule has 0 spiro atoms. The first-order valence-corrected chi connectivity index (χ1v) is 7.29. The highest BCUT2D eigenvalue weighted by Gasteiger charge is 2.21. The minimum Gasteiger partial charge on any atom is -0.469 e. The minimum atomic E-state index is -0.145. The maximum absolute atomic E-state index is 5.28. The Morgan fingerprint density at radius 3 is 2.73 bits per heavy atom. The van der Waals surface area contributed by atoms with Crippen LogP contribution < -0.4 is 10.6 Å². The Morgan fingerprint density at radius 2 is 2.14 bits per heavy atom. The molecular formula is C15H23N5O2. The van der Waals surface area contributed by atoms with Gasteiger partial charge in [-0.1, -0.05) is 25.9 Å². The highest BCUT2D eigenvalue weighted by Crippen LogP contribution is 2.19. The third-order valence-corrected chi connectivity index (χ3v) is 2.99. The van der Waals surface area contributed by atoms with Crippen molar-refractivity contribution in [2.75, 3.05) is 13.6 Å². The summed E-state index contributed by atoms with van der Waals surface area (Å²) in [5, 5.41) is 10.3. The summed E-state index contributed by atoms with van der Waals surface area (Å²) in [6.45, 7) is 7.29. The first kappa shape index (κ1) is 16.1. The van der Waals surface area contributed by atoms with Crippen molar-refractivity contribution in [1.29, 1.82) is 0 Å². The molecule has 0 atom stereocenters. The SMILES string of the molecule is CN=C(NCCc1ccco1)NCc1noc(C(C)(C)C)n1. The van der Waals surface area contributed by atoms with Crippen LogP contribution >= 0.6 is 0 Å². The number of aromatic nitrogens is 2. The van der Waals surface area contributed by atoms with E-state index in [1.165, 1.54) is 0 Å². The first-order valence-electron chi connectivity index (χ1n) is 7.29. The zero-order valence-corrected chi connectivity index (χ0v) is 13.5. The molecule has 0 aliphatic carbocycles. The minimum absolute atomic E-state index is 0.145. The lowest BCUT2D eigenvalue weighted by molar-refractivity contribution is 0.318. The number of furan rings is 1. The average Bonchev–Trinajstić information content (AvgIpc) is 3.13. The Balaban J connectivity index is 1.77. The van der Waals surface area contributed by atoms with Crippen LogP contribution in [-0.2, 0) is 18.4 Å². The highest BCUT2D eigenvalue weighted by atomic mass is 16.5. The monoisotopic (exact) mass is 305 g/mol. The van der Waals surface area contributed by atoms with Crippen LogP contribution in [0.2, 0.25) is 0 Å². The molecule has 0 fully saturated rings. The molecule has 2 aromatic rings. The number of hydrogen-bond acceptors (Lipinski definition) is 5. The van der Waals surface area contributed by atoms with Gasteiger partial charge in [0.25, 0.3) is 0 Å². The van der Waals surface area contributed by atoms with Crippen molar-refractivity contribution in [3.63, 3.8) is 0 Å². The molecule has 0 radical (unpaired) electrons. The number of hydrogen-bond donors (Lipinski definition) is 2. The van der Waals surface area contributed by atoms with Gasteiger partial charge >= 0.3 is 0 Å². The summed E-state index contributed by atoms with van der Waals surface area (Å²) in [5.74, 6) is 2.87. The molecule has 0 unspecified atom stereocenters. The average molecular weight is 305 g/mol. The third-order valence-electron chi connectivity index (χ3n) is 2.99. The fourth-order valence-corrected chi connectivity index (χ4v) is 1.77. The fourth-order valence-electron chi connectivity index (χ4n) is 1.77. The van der Waals surface area contributed by atoms with Crippen molar-refractivity contribution in [1.82, 2.24) is 20.8 Å². The van der Waals surface area contributed by atoms with E-state index in [4.69, 9.17) is 8.94 Å². The second-order valence-electron chi connectivity index (χ2n) is 5.95. The maximum Gasteiger partial charge on any atom is 0.232 e. The molecule has 0 aromatic carbocycles. The van der Waals surface area contributed by atoms with Crippen LogP contribution in [0, 0.1) is 0 Å². The van der Waals surface area contributed by atoms with Gasteiger partial charge < -0.3 is 19.6 Å². The lowest BCUT2D eigenvalue weighted by atomic mass is 9.97. The van der Waals surface area contributed by atoms with Crippen molar-refractivity contribution in [2.24, 2.45) is 4.99 Å². The second-order valence-corrected chi connectivity index (χ2v) is 5.95. The van der Waals surface area contributed by atoms with Crippen LogP contribution in [-0.4, -0.2) is 29.7 Å². The Labute approximate surface area is 130 Å². The lowest BCUT2D eigenvalue weighted by Crippen LogP contribution is -2.38. The van der Waals surface area contributed by atoms with Gasteiger partial charge in [-0.15, -0.1) is 0 Å². The van der Waals surface area contributed by atoms with Crippen molar-refractivity contribution in [3.05, 3.63) is 35.9 Å². The molecule has 0 amide bonds. The highest BCUT2D eigenvalue weighted by molar-refractivity contribution is 5.79. The van der Waals surface area contributed by atoms with Gasteiger partial charge in [0, 0.05) is 25.4 Å². The van der Waals surface area contributed by atoms with Gasteiger partial charge in [-0.05, 0) is 12.1 Å². The molecule has 22 heavy (non-hydrogen) atoms. The summed E-state index contributed by atoms with van der Waals surface area (Å²) in [5.41, 5.74) is -0.145. The first-order chi connectivity index (χ1) is 10.5. The van der Waals surface area contributed by atoms with E-state index in [0.717, 1.165) is 18.7 Å². The number of rotatable bonds is 5. The van der Waals surface area contributed by atoms with Crippen LogP contribution in [0.25, 0.3) is 0 Å². The van der Waals surface area contributed by atoms with Gasteiger partial charge in [0.05, 0.1) is 12.8 Å². The lowest BCUT2D eigenvalue weighted by Gasteiger charge is -2.11. The molecule has 0 aliphatic heterocycles. The van der Waals surface area contributed by atoms with Gasteiger partial charge in [0.1, 0.15) is 5.76 Å².